The molecule has 5 nitrogen and oxygen atoms in total. The van der Waals surface area contributed by atoms with Gasteiger partial charge in [0.1, 0.15) is 15.9 Å². The Morgan fingerprint density at radius 3 is 2.54 bits per heavy atom. The summed E-state index contributed by atoms with van der Waals surface area (Å²) in [5.41, 5.74) is 1.58. The first-order valence-electron chi connectivity index (χ1n) is 7.81. The molecule has 0 fully saturated rings. The van der Waals surface area contributed by atoms with Crippen molar-refractivity contribution in [3.05, 3.63) is 56.9 Å². The van der Waals surface area contributed by atoms with Gasteiger partial charge in [0, 0.05) is 11.1 Å². The molecule has 1 amide bonds. The van der Waals surface area contributed by atoms with Gasteiger partial charge in [0.2, 0.25) is 5.91 Å². The Bertz CT molecular complexity index is 893. The van der Waals surface area contributed by atoms with Crippen molar-refractivity contribution in [1.29, 1.82) is 5.26 Å². The van der Waals surface area contributed by atoms with E-state index in [1.807, 2.05) is 6.07 Å². The molecule has 134 valence electrons. The summed E-state index contributed by atoms with van der Waals surface area (Å²) in [6.45, 7) is 5.15. The number of hydrogen-bond acceptors (Lipinski definition) is 5. The van der Waals surface area contributed by atoms with E-state index < -0.39 is 11.9 Å². The van der Waals surface area contributed by atoms with Gasteiger partial charge in [0.05, 0.1) is 11.7 Å². The average molecular weight is 389 g/mol. The smallest absolute Gasteiger partial charge is 0.348 e. The van der Waals surface area contributed by atoms with Crippen LogP contribution in [0.15, 0.2) is 30.3 Å². The molecule has 0 saturated carbocycles. The van der Waals surface area contributed by atoms with Crippen LogP contribution >= 0.6 is 22.9 Å². The molecule has 0 saturated heterocycles. The zero-order valence-electron chi connectivity index (χ0n) is 14.5. The Morgan fingerprint density at radius 1 is 1.31 bits per heavy atom. The van der Waals surface area contributed by atoms with Crippen LogP contribution in [0.5, 0.6) is 0 Å². The maximum absolute atomic E-state index is 12.1. The van der Waals surface area contributed by atoms with Crippen molar-refractivity contribution in [3.63, 3.8) is 0 Å². The van der Waals surface area contributed by atoms with E-state index in [9.17, 15) is 14.9 Å². The number of rotatable bonds is 5. The van der Waals surface area contributed by atoms with Crippen LogP contribution in [0.3, 0.4) is 0 Å². The van der Waals surface area contributed by atoms with E-state index >= 15 is 0 Å². The molecule has 0 spiro atoms. The van der Waals surface area contributed by atoms with E-state index in [4.69, 9.17) is 16.3 Å². The molecule has 0 radical (unpaired) electrons. The minimum Gasteiger partial charge on any atom is -0.459 e. The molecule has 1 aromatic heterocycles. The van der Waals surface area contributed by atoms with Crippen molar-refractivity contribution >= 4 is 45.9 Å². The topological polar surface area (TPSA) is 79.2 Å². The van der Waals surface area contributed by atoms with Crippen molar-refractivity contribution in [1.82, 2.24) is 0 Å². The third-order valence-corrected chi connectivity index (χ3v) is 4.76. The van der Waals surface area contributed by atoms with Gasteiger partial charge in [-0.3, -0.25) is 4.79 Å². The number of carbonyl (C=O) groups excluding carboxylic acids is 2. The molecule has 0 aliphatic carbocycles. The van der Waals surface area contributed by atoms with E-state index in [0.717, 1.165) is 16.9 Å². The van der Waals surface area contributed by atoms with Crippen LogP contribution < -0.4 is 5.32 Å². The first-order chi connectivity index (χ1) is 12.3. The molecule has 0 aliphatic rings. The highest BCUT2D eigenvalue weighted by Crippen LogP contribution is 2.33. The Labute approximate surface area is 160 Å². The molecule has 0 aliphatic heterocycles. The first-order valence-corrected chi connectivity index (χ1v) is 9.00. The summed E-state index contributed by atoms with van der Waals surface area (Å²) in [7, 11) is 0. The standard InChI is InChI=1S/C19H17ClN2O3S/c1-11(2)25-19(24)17-12(3)15(10-21)18(26-17)22-16(23)9-6-13-4-7-14(20)8-5-13/h4-9,11H,1-3H3,(H,22,23). The van der Waals surface area contributed by atoms with Crippen LogP contribution in [0.2, 0.25) is 5.02 Å². The highest BCUT2D eigenvalue weighted by molar-refractivity contribution is 7.18. The number of hydrogen-bond donors (Lipinski definition) is 1. The lowest BCUT2D eigenvalue weighted by atomic mass is 10.1. The molecule has 0 atom stereocenters. The molecule has 2 rings (SSSR count). The molecule has 26 heavy (non-hydrogen) atoms. The molecule has 0 bridgehead atoms. The third-order valence-electron chi connectivity index (χ3n) is 3.32. The summed E-state index contributed by atoms with van der Waals surface area (Å²) in [4.78, 5) is 24.6. The summed E-state index contributed by atoms with van der Waals surface area (Å²) in [6.07, 6.45) is 2.72. The second-order valence-electron chi connectivity index (χ2n) is 5.70. The number of nitrogens with zero attached hydrogens (tertiary/aromatic N) is 1. The van der Waals surface area contributed by atoms with Gasteiger partial charge in [-0.05, 0) is 50.1 Å². The number of ether oxygens (including phenoxy) is 1. The Hall–Kier alpha value is -2.62. The predicted molar refractivity (Wildman–Crippen MR) is 103 cm³/mol. The molecule has 0 unspecified atom stereocenters. The largest absolute Gasteiger partial charge is 0.459 e. The van der Waals surface area contributed by atoms with E-state index in [-0.39, 0.29) is 11.7 Å². The number of nitrogens with one attached hydrogen (secondary N) is 1. The predicted octanol–water partition coefficient (Wildman–Crippen LogP) is 4.80. The summed E-state index contributed by atoms with van der Waals surface area (Å²) >= 11 is 6.85. The number of anilines is 1. The fourth-order valence-corrected chi connectivity index (χ4v) is 3.27. The molecular weight excluding hydrogens is 372 g/mol. The quantitative estimate of drug-likeness (QED) is 0.589. The zero-order valence-corrected chi connectivity index (χ0v) is 16.1. The number of thiophene rings is 1. The van der Waals surface area contributed by atoms with Crippen LogP contribution in [0.4, 0.5) is 5.00 Å². The summed E-state index contributed by atoms with van der Waals surface area (Å²) in [6, 6.07) is 9.04. The third kappa shape index (κ3) is 4.94. The van der Waals surface area contributed by atoms with Crippen molar-refractivity contribution in [2.24, 2.45) is 0 Å². The minimum absolute atomic E-state index is 0.263. The van der Waals surface area contributed by atoms with Gasteiger partial charge in [-0.25, -0.2) is 4.79 Å². The maximum Gasteiger partial charge on any atom is 0.348 e. The summed E-state index contributed by atoms with van der Waals surface area (Å²) in [5.74, 6) is -0.905. The van der Waals surface area contributed by atoms with Gasteiger partial charge in [-0.2, -0.15) is 5.26 Å². The van der Waals surface area contributed by atoms with Crippen LogP contribution in [0, 0.1) is 18.3 Å². The second kappa shape index (κ2) is 8.65. The lowest BCUT2D eigenvalue weighted by Crippen LogP contribution is -2.11. The highest BCUT2D eigenvalue weighted by atomic mass is 35.5. The van der Waals surface area contributed by atoms with Gasteiger partial charge in [0.15, 0.2) is 0 Å². The molecule has 7 heteroatoms. The molecule has 1 heterocycles. The molecular formula is C19H17ClN2O3S. The minimum atomic E-state index is -0.504. The molecule has 2 aromatic rings. The molecule has 1 N–H and O–H groups in total. The SMILES string of the molecule is Cc1c(C(=O)OC(C)C)sc(NC(=O)C=Cc2ccc(Cl)cc2)c1C#N. The number of nitriles is 1. The van der Waals surface area contributed by atoms with E-state index in [0.29, 0.717) is 20.5 Å². The van der Waals surface area contributed by atoms with Gasteiger partial charge in [0.25, 0.3) is 0 Å². The number of esters is 1. The van der Waals surface area contributed by atoms with Crippen LogP contribution in [-0.4, -0.2) is 18.0 Å². The van der Waals surface area contributed by atoms with Gasteiger partial charge >= 0.3 is 5.97 Å². The monoisotopic (exact) mass is 388 g/mol. The Kier molecular flexibility index (Phi) is 6.56. The normalized spacial score (nSPS) is 10.8. The first kappa shape index (κ1) is 19.7. The number of halogens is 1. The van der Waals surface area contributed by atoms with Gasteiger partial charge in [-0.15, -0.1) is 11.3 Å². The molecule has 1 aromatic carbocycles. The Morgan fingerprint density at radius 2 is 1.96 bits per heavy atom. The fraction of sp³-hybridized carbons (Fsp3) is 0.211. The van der Waals surface area contributed by atoms with Crippen molar-refractivity contribution in [3.8, 4) is 6.07 Å². The summed E-state index contributed by atoms with van der Waals surface area (Å²) in [5, 5.41) is 12.9. The van der Waals surface area contributed by atoms with Crippen molar-refractivity contribution in [2.75, 3.05) is 5.32 Å². The maximum atomic E-state index is 12.1. The zero-order chi connectivity index (χ0) is 19.3. The number of amides is 1. The fourth-order valence-electron chi connectivity index (χ4n) is 2.10. The van der Waals surface area contributed by atoms with Gasteiger partial charge in [-0.1, -0.05) is 23.7 Å². The number of carbonyl (C=O) groups is 2. The van der Waals surface area contributed by atoms with E-state index in [1.54, 1.807) is 51.1 Å². The lowest BCUT2D eigenvalue weighted by molar-refractivity contribution is -0.111. The Balaban J connectivity index is 2.18. The second-order valence-corrected chi connectivity index (χ2v) is 7.16. The lowest BCUT2D eigenvalue weighted by Gasteiger charge is -2.06. The van der Waals surface area contributed by atoms with E-state index in [1.165, 1.54) is 6.08 Å². The average Bonchev–Trinajstić information content (AvgIpc) is 2.89. The van der Waals surface area contributed by atoms with Crippen LogP contribution in [0.1, 0.15) is 40.2 Å². The van der Waals surface area contributed by atoms with Gasteiger partial charge < -0.3 is 10.1 Å². The van der Waals surface area contributed by atoms with E-state index in [2.05, 4.69) is 5.32 Å². The van der Waals surface area contributed by atoms with Crippen LogP contribution in [0.25, 0.3) is 6.08 Å². The van der Waals surface area contributed by atoms with Crippen molar-refractivity contribution < 1.29 is 14.3 Å². The number of benzene rings is 1. The highest BCUT2D eigenvalue weighted by Gasteiger charge is 2.22. The van der Waals surface area contributed by atoms with Crippen LogP contribution in [-0.2, 0) is 9.53 Å². The van der Waals surface area contributed by atoms with Crippen molar-refractivity contribution in [2.45, 2.75) is 26.9 Å². The summed E-state index contributed by atoms with van der Waals surface area (Å²) < 4.78 is 5.17.